The van der Waals surface area contributed by atoms with Crippen LogP contribution in [0.4, 0.5) is 0 Å². The van der Waals surface area contributed by atoms with Crippen LogP contribution in [0.2, 0.25) is 0 Å². The highest BCUT2D eigenvalue weighted by molar-refractivity contribution is 5.75. The highest BCUT2D eigenvalue weighted by Crippen LogP contribution is 1.98. The molecule has 0 spiro atoms. The molecule has 112 valence electrons. The van der Waals surface area contributed by atoms with Crippen molar-refractivity contribution in [2.24, 2.45) is 0 Å². The third-order valence-corrected chi connectivity index (χ3v) is 3.09. The van der Waals surface area contributed by atoms with Crippen LogP contribution in [-0.2, 0) is 17.9 Å². The van der Waals surface area contributed by atoms with Crippen molar-refractivity contribution in [1.29, 1.82) is 0 Å². The van der Waals surface area contributed by atoms with Crippen molar-refractivity contribution in [1.82, 2.24) is 10.3 Å². The zero-order chi connectivity index (χ0) is 14.0. The summed E-state index contributed by atoms with van der Waals surface area (Å²) in [6, 6.07) is 9.85. The predicted molar refractivity (Wildman–Crippen MR) is 76.6 cm³/mol. The molecule has 0 aliphatic rings. The van der Waals surface area contributed by atoms with E-state index in [1.165, 1.54) is 0 Å². The van der Waals surface area contributed by atoms with E-state index in [0.717, 1.165) is 24.9 Å². The molecule has 0 aliphatic heterocycles. The second kappa shape index (κ2) is 10.0. The van der Waals surface area contributed by atoms with Gasteiger partial charge in [0.1, 0.15) is 6.54 Å². The highest BCUT2D eigenvalue weighted by atomic mass is 79.9. The number of nitrogens with zero attached hydrogens (tertiary/aromatic N) is 2. The second-order valence-electron chi connectivity index (χ2n) is 4.70. The van der Waals surface area contributed by atoms with Crippen LogP contribution in [0.25, 0.3) is 0 Å². The van der Waals surface area contributed by atoms with E-state index < -0.39 is 0 Å². The van der Waals surface area contributed by atoms with Crippen LogP contribution in [0.1, 0.15) is 24.8 Å². The number of hydrogen-bond donors (Lipinski definition) is 1. The fourth-order valence-corrected chi connectivity index (χ4v) is 1.95. The quantitative estimate of drug-likeness (QED) is 0.507. The van der Waals surface area contributed by atoms with Gasteiger partial charge in [-0.2, -0.15) is 0 Å². The van der Waals surface area contributed by atoms with Crippen LogP contribution in [-0.4, -0.2) is 10.9 Å². The molecular formula is C16H20BrN3O. The number of aryl methyl sites for hydroxylation is 1. The maximum Gasteiger partial charge on any atom is 0.220 e. The molecule has 1 amide bonds. The minimum Gasteiger partial charge on any atom is -1.00 e. The number of pyridine rings is 2. The van der Waals surface area contributed by atoms with E-state index in [-0.39, 0.29) is 22.9 Å². The van der Waals surface area contributed by atoms with Gasteiger partial charge in [0.15, 0.2) is 12.4 Å². The minimum absolute atomic E-state index is 0. The lowest BCUT2D eigenvalue weighted by molar-refractivity contribution is -0.697. The molecule has 4 nitrogen and oxygen atoms in total. The van der Waals surface area contributed by atoms with Gasteiger partial charge in [-0.3, -0.25) is 9.78 Å². The molecule has 0 bridgehead atoms. The number of halogens is 1. The van der Waals surface area contributed by atoms with E-state index >= 15 is 0 Å². The molecule has 2 heterocycles. The summed E-state index contributed by atoms with van der Waals surface area (Å²) in [6.07, 6.45) is 10.1. The average molecular weight is 350 g/mol. The van der Waals surface area contributed by atoms with Crippen molar-refractivity contribution in [2.75, 3.05) is 0 Å². The number of hydrogen-bond acceptors (Lipinski definition) is 2. The number of unbranched alkanes of at least 4 members (excludes halogenated alkanes) is 1. The Morgan fingerprint density at radius 1 is 1.10 bits per heavy atom. The smallest absolute Gasteiger partial charge is 0.220 e. The molecule has 21 heavy (non-hydrogen) atoms. The maximum absolute atomic E-state index is 11.7. The van der Waals surface area contributed by atoms with Crippen molar-refractivity contribution < 1.29 is 26.3 Å². The Bertz CT molecular complexity index is 520. The number of carbonyl (C=O) groups is 1. The van der Waals surface area contributed by atoms with Crippen molar-refractivity contribution in [3.05, 3.63) is 60.7 Å². The van der Waals surface area contributed by atoms with Gasteiger partial charge in [-0.05, 0) is 24.1 Å². The van der Waals surface area contributed by atoms with Crippen molar-refractivity contribution in [2.45, 2.75) is 32.4 Å². The number of nitrogens with one attached hydrogen (secondary N) is 1. The number of amides is 1. The van der Waals surface area contributed by atoms with Gasteiger partial charge < -0.3 is 22.3 Å². The standard InChI is InChI=1S/C16H19N3O.BrH/c20-16(18-14-15-7-9-17-10-8-15)6-2-5-13-19-11-3-1-4-12-19;/h1,3-4,7-12H,2,5-6,13-14H2;1H. The SMILES string of the molecule is O=C(CCCC[n+]1ccccc1)NCc1ccncc1.[Br-]. The van der Waals surface area contributed by atoms with Gasteiger partial charge in [-0.15, -0.1) is 0 Å². The monoisotopic (exact) mass is 349 g/mol. The summed E-state index contributed by atoms with van der Waals surface area (Å²) < 4.78 is 2.13. The first-order valence-corrected chi connectivity index (χ1v) is 6.94. The first-order valence-electron chi connectivity index (χ1n) is 6.94. The van der Waals surface area contributed by atoms with Crippen LogP contribution in [0.5, 0.6) is 0 Å². The van der Waals surface area contributed by atoms with Crippen molar-refractivity contribution >= 4 is 5.91 Å². The summed E-state index contributed by atoms with van der Waals surface area (Å²) in [7, 11) is 0. The molecule has 0 radical (unpaired) electrons. The summed E-state index contributed by atoms with van der Waals surface area (Å²) in [5.74, 6) is 0.111. The Balaban J connectivity index is 0.00000220. The Morgan fingerprint density at radius 3 is 2.52 bits per heavy atom. The lowest BCUT2D eigenvalue weighted by atomic mass is 10.2. The Kier molecular flexibility index (Phi) is 8.28. The van der Waals surface area contributed by atoms with E-state index in [1.54, 1.807) is 12.4 Å². The molecule has 2 aromatic rings. The molecule has 0 saturated carbocycles. The Hall–Kier alpha value is -1.75. The second-order valence-corrected chi connectivity index (χ2v) is 4.70. The van der Waals surface area contributed by atoms with Crippen LogP contribution in [0, 0.1) is 0 Å². The zero-order valence-electron chi connectivity index (χ0n) is 11.9. The lowest BCUT2D eigenvalue weighted by Gasteiger charge is -2.04. The van der Waals surface area contributed by atoms with Crippen LogP contribution >= 0.6 is 0 Å². The third-order valence-electron chi connectivity index (χ3n) is 3.09. The van der Waals surface area contributed by atoms with Gasteiger partial charge in [0, 0.05) is 43.9 Å². The molecule has 2 rings (SSSR count). The fraction of sp³-hybridized carbons (Fsp3) is 0.312. The molecule has 5 heteroatoms. The summed E-state index contributed by atoms with van der Waals surface area (Å²) in [4.78, 5) is 15.6. The highest BCUT2D eigenvalue weighted by Gasteiger charge is 2.03. The van der Waals surface area contributed by atoms with E-state index in [2.05, 4.69) is 14.9 Å². The molecule has 0 unspecified atom stereocenters. The van der Waals surface area contributed by atoms with Gasteiger partial charge in [0.2, 0.25) is 5.91 Å². The minimum atomic E-state index is 0. The normalized spacial score (nSPS) is 9.71. The number of rotatable bonds is 7. The van der Waals surface area contributed by atoms with Gasteiger partial charge in [0.25, 0.3) is 0 Å². The Morgan fingerprint density at radius 2 is 1.81 bits per heavy atom. The molecule has 0 saturated heterocycles. The van der Waals surface area contributed by atoms with Crippen molar-refractivity contribution in [3.63, 3.8) is 0 Å². The fourth-order valence-electron chi connectivity index (χ4n) is 1.95. The molecule has 0 fully saturated rings. The first-order chi connectivity index (χ1) is 9.84. The van der Waals surface area contributed by atoms with Gasteiger partial charge in [-0.25, -0.2) is 4.57 Å². The molecule has 0 aromatic carbocycles. The first kappa shape index (κ1) is 17.3. The van der Waals surface area contributed by atoms with E-state index in [4.69, 9.17) is 0 Å². The molecular weight excluding hydrogens is 330 g/mol. The van der Waals surface area contributed by atoms with Crippen LogP contribution in [0.15, 0.2) is 55.1 Å². The van der Waals surface area contributed by atoms with Crippen LogP contribution in [0.3, 0.4) is 0 Å². The topological polar surface area (TPSA) is 45.9 Å². The van der Waals surface area contributed by atoms with E-state index in [9.17, 15) is 4.79 Å². The number of carbonyl (C=O) groups excluding carboxylic acids is 1. The van der Waals surface area contributed by atoms with E-state index in [1.807, 2.05) is 42.7 Å². The molecule has 0 aliphatic carbocycles. The lowest BCUT2D eigenvalue weighted by Crippen LogP contribution is -3.00. The summed E-state index contributed by atoms with van der Waals surface area (Å²) >= 11 is 0. The van der Waals surface area contributed by atoms with E-state index in [0.29, 0.717) is 13.0 Å². The summed E-state index contributed by atoms with van der Waals surface area (Å²) in [5.41, 5.74) is 1.08. The van der Waals surface area contributed by atoms with Gasteiger partial charge in [-0.1, -0.05) is 6.07 Å². The molecule has 2 aromatic heterocycles. The molecule has 1 N–H and O–H groups in total. The summed E-state index contributed by atoms with van der Waals surface area (Å²) in [5, 5.41) is 2.92. The van der Waals surface area contributed by atoms with Gasteiger partial charge in [0.05, 0.1) is 0 Å². The zero-order valence-corrected chi connectivity index (χ0v) is 13.5. The summed E-state index contributed by atoms with van der Waals surface area (Å²) in [6.45, 7) is 1.53. The van der Waals surface area contributed by atoms with Crippen molar-refractivity contribution in [3.8, 4) is 0 Å². The average Bonchev–Trinajstić information content (AvgIpc) is 2.52. The van der Waals surface area contributed by atoms with Crippen LogP contribution < -0.4 is 26.9 Å². The molecule has 0 atom stereocenters. The number of aromatic nitrogens is 2. The Labute approximate surface area is 136 Å². The third kappa shape index (κ3) is 6.99. The maximum atomic E-state index is 11.7. The predicted octanol–water partition coefficient (Wildman–Crippen LogP) is -1.14. The largest absolute Gasteiger partial charge is 1.00 e. The van der Waals surface area contributed by atoms with Gasteiger partial charge >= 0.3 is 0 Å².